The zero-order valence-electron chi connectivity index (χ0n) is 20.0. The number of nitrogens with one attached hydrogen (secondary N) is 1. The molecule has 0 radical (unpaired) electrons. The van der Waals surface area contributed by atoms with Crippen LogP contribution in [0, 0.1) is 5.41 Å². The molecule has 3 amide bonds. The van der Waals surface area contributed by atoms with Crippen molar-refractivity contribution >= 4 is 11.9 Å². The summed E-state index contributed by atoms with van der Waals surface area (Å²) in [5.41, 5.74) is 10.4. The molecule has 1 saturated carbocycles. The zero-order valence-corrected chi connectivity index (χ0v) is 20.0. The fourth-order valence-electron chi connectivity index (χ4n) is 5.44. The van der Waals surface area contributed by atoms with Gasteiger partial charge in [0.2, 0.25) is 0 Å². The number of benzene rings is 1. The van der Waals surface area contributed by atoms with E-state index in [4.69, 9.17) is 5.73 Å². The number of nitrogens with zero attached hydrogens (tertiary/aromatic N) is 2. The summed E-state index contributed by atoms with van der Waals surface area (Å²) in [7, 11) is 0. The van der Waals surface area contributed by atoms with Crippen LogP contribution in [0.5, 0.6) is 0 Å². The summed E-state index contributed by atoms with van der Waals surface area (Å²) in [6.07, 6.45) is 3.13. The molecule has 6 nitrogen and oxygen atoms in total. The number of aromatic nitrogens is 1. The maximum absolute atomic E-state index is 13.2. The molecule has 1 fully saturated rings. The van der Waals surface area contributed by atoms with Crippen LogP contribution in [-0.4, -0.2) is 33.5 Å². The molecule has 0 unspecified atom stereocenters. The van der Waals surface area contributed by atoms with Gasteiger partial charge in [-0.15, -0.1) is 0 Å². The van der Waals surface area contributed by atoms with Gasteiger partial charge in [-0.3, -0.25) is 4.79 Å². The molecule has 1 aromatic heterocycles. The zero-order chi connectivity index (χ0) is 23.3. The number of hydrogen-bond acceptors (Lipinski definition) is 2. The quantitative estimate of drug-likeness (QED) is 0.701. The highest BCUT2D eigenvalue weighted by atomic mass is 16.2. The number of primary amides is 1. The standard InChI is InChI=1S/C26H36N4O2/c1-25(2,3)16-26(4,5)28-24(32)29-13-14-30-19(15-29)21(23(27)31)20(22(30)18-11-12-18)17-9-7-6-8-10-17/h6-10,18H,11-16H2,1-5H3,(H2,27,31)(H,28,32). The Balaban J connectivity index is 1.68. The molecule has 2 aliphatic rings. The molecule has 32 heavy (non-hydrogen) atoms. The highest BCUT2D eigenvalue weighted by Gasteiger charge is 2.38. The summed E-state index contributed by atoms with van der Waals surface area (Å²) in [5, 5.41) is 3.21. The predicted molar refractivity (Wildman–Crippen MR) is 127 cm³/mol. The first-order valence-corrected chi connectivity index (χ1v) is 11.6. The molecule has 2 heterocycles. The highest BCUT2D eigenvalue weighted by molar-refractivity contribution is 6.02. The Kier molecular flexibility index (Phi) is 5.60. The van der Waals surface area contributed by atoms with Gasteiger partial charge in [-0.25, -0.2) is 4.79 Å². The van der Waals surface area contributed by atoms with Gasteiger partial charge in [-0.1, -0.05) is 51.1 Å². The van der Waals surface area contributed by atoms with Gasteiger partial charge in [0, 0.05) is 29.9 Å². The number of carbonyl (C=O) groups excluding carboxylic acids is 2. The molecule has 172 valence electrons. The van der Waals surface area contributed by atoms with E-state index in [-0.39, 0.29) is 17.0 Å². The molecule has 4 rings (SSSR count). The lowest BCUT2D eigenvalue weighted by Crippen LogP contribution is -2.53. The first kappa shape index (κ1) is 22.4. The van der Waals surface area contributed by atoms with Gasteiger partial charge in [0.25, 0.3) is 5.91 Å². The maximum Gasteiger partial charge on any atom is 0.318 e. The van der Waals surface area contributed by atoms with Crippen LogP contribution in [0.25, 0.3) is 11.1 Å². The SMILES string of the molecule is CC(C)(C)CC(C)(C)NC(=O)N1CCn2c(c(C(N)=O)c(-c3ccccc3)c2C2CC2)C1. The van der Waals surface area contributed by atoms with Gasteiger partial charge < -0.3 is 20.5 Å². The van der Waals surface area contributed by atoms with E-state index in [2.05, 4.69) is 44.5 Å². The molecule has 6 heteroatoms. The van der Waals surface area contributed by atoms with E-state index in [1.807, 2.05) is 35.2 Å². The first-order chi connectivity index (χ1) is 15.0. The molecule has 1 aliphatic heterocycles. The molecule has 0 atom stereocenters. The summed E-state index contributed by atoms with van der Waals surface area (Å²) in [6.45, 7) is 12.4. The van der Waals surface area contributed by atoms with Crippen molar-refractivity contribution in [3.05, 3.63) is 47.3 Å². The van der Waals surface area contributed by atoms with Gasteiger partial charge in [-0.2, -0.15) is 0 Å². The predicted octanol–water partition coefficient (Wildman–Crippen LogP) is 4.87. The summed E-state index contributed by atoms with van der Waals surface area (Å²) < 4.78 is 2.27. The van der Waals surface area contributed by atoms with Crippen LogP contribution in [0.3, 0.4) is 0 Å². The largest absolute Gasteiger partial charge is 0.366 e. The number of hydrogen-bond donors (Lipinski definition) is 2. The minimum Gasteiger partial charge on any atom is -0.366 e. The van der Waals surface area contributed by atoms with Crippen LogP contribution >= 0.6 is 0 Å². The third-order valence-electron chi connectivity index (χ3n) is 6.32. The van der Waals surface area contributed by atoms with Crippen LogP contribution < -0.4 is 11.1 Å². The van der Waals surface area contributed by atoms with Crippen LogP contribution in [0.2, 0.25) is 0 Å². The van der Waals surface area contributed by atoms with Crippen LogP contribution in [0.15, 0.2) is 30.3 Å². The smallest absolute Gasteiger partial charge is 0.318 e. The van der Waals surface area contributed by atoms with Crippen molar-refractivity contribution in [1.82, 2.24) is 14.8 Å². The Hall–Kier alpha value is -2.76. The number of amides is 3. The Bertz CT molecular complexity index is 1030. The van der Waals surface area contributed by atoms with Crippen molar-refractivity contribution in [2.45, 2.75) is 78.4 Å². The number of fused-ring (bicyclic) bond motifs is 1. The summed E-state index contributed by atoms with van der Waals surface area (Å²) in [5.74, 6) is 0.0398. The van der Waals surface area contributed by atoms with Crippen molar-refractivity contribution < 1.29 is 9.59 Å². The fourth-order valence-corrected chi connectivity index (χ4v) is 5.44. The van der Waals surface area contributed by atoms with E-state index in [9.17, 15) is 9.59 Å². The Morgan fingerprint density at radius 2 is 1.72 bits per heavy atom. The van der Waals surface area contributed by atoms with Crippen molar-refractivity contribution in [2.75, 3.05) is 6.54 Å². The molecular weight excluding hydrogens is 400 g/mol. The van der Waals surface area contributed by atoms with Gasteiger partial charge in [0.15, 0.2) is 0 Å². The average Bonchev–Trinajstić information content (AvgIpc) is 3.46. The maximum atomic E-state index is 13.2. The number of carbonyl (C=O) groups is 2. The molecule has 0 bridgehead atoms. The third kappa shape index (κ3) is 4.54. The van der Waals surface area contributed by atoms with Crippen molar-refractivity contribution in [3.8, 4) is 11.1 Å². The average molecular weight is 437 g/mol. The van der Waals surface area contributed by atoms with E-state index >= 15 is 0 Å². The van der Waals surface area contributed by atoms with Gasteiger partial charge in [0.1, 0.15) is 0 Å². The first-order valence-electron chi connectivity index (χ1n) is 11.6. The lowest BCUT2D eigenvalue weighted by molar-refractivity contribution is 0.0996. The highest BCUT2D eigenvalue weighted by Crippen LogP contribution is 2.48. The summed E-state index contributed by atoms with van der Waals surface area (Å²) >= 11 is 0. The Morgan fingerprint density at radius 3 is 2.28 bits per heavy atom. The topological polar surface area (TPSA) is 80.4 Å². The second-order valence-electron chi connectivity index (χ2n) is 11.2. The Morgan fingerprint density at radius 1 is 1.06 bits per heavy atom. The third-order valence-corrected chi connectivity index (χ3v) is 6.32. The van der Waals surface area contributed by atoms with Crippen LogP contribution in [0.4, 0.5) is 4.79 Å². The fraction of sp³-hybridized carbons (Fsp3) is 0.538. The van der Waals surface area contributed by atoms with Crippen LogP contribution in [-0.2, 0) is 13.1 Å². The lowest BCUT2D eigenvalue weighted by Gasteiger charge is -2.37. The monoisotopic (exact) mass is 436 g/mol. The second kappa shape index (κ2) is 7.98. The lowest BCUT2D eigenvalue weighted by atomic mass is 9.82. The van der Waals surface area contributed by atoms with E-state index in [0.29, 0.717) is 31.1 Å². The number of rotatable bonds is 5. The molecule has 0 saturated heterocycles. The number of nitrogens with two attached hydrogens (primary N) is 1. The summed E-state index contributed by atoms with van der Waals surface area (Å²) in [6, 6.07) is 9.95. The minimum atomic E-state index is -0.421. The molecule has 2 aromatic rings. The summed E-state index contributed by atoms with van der Waals surface area (Å²) in [4.78, 5) is 27.7. The van der Waals surface area contributed by atoms with Crippen molar-refractivity contribution in [3.63, 3.8) is 0 Å². The normalized spacial score (nSPS) is 16.6. The van der Waals surface area contributed by atoms with E-state index in [1.54, 1.807) is 0 Å². The van der Waals surface area contributed by atoms with Gasteiger partial charge in [-0.05, 0) is 50.0 Å². The molecule has 0 spiro atoms. The number of urea groups is 1. The molecule has 1 aromatic carbocycles. The second-order valence-corrected chi connectivity index (χ2v) is 11.2. The molecule has 3 N–H and O–H groups in total. The van der Waals surface area contributed by atoms with Crippen LogP contribution in [0.1, 0.15) is 81.5 Å². The van der Waals surface area contributed by atoms with Gasteiger partial charge in [0.05, 0.1) is 17.8 Å². The molecule has 1 aliphatic carbocycles. The van der Waals surface area contributed by atoms with E-state index in [0.717, 1.165) is 36.1 Å². The Labute approximate surface area is 191 Å². The molecular formula is C26H36N4O2. The van der Waals surface area contributed by atoms with Crippen molar-refractivity contribution in [1.29, 1.82) is 0 Å². The van der Waals surface area contributed by atoms with Crippen molar-refractivity contribution in [2.24, 2.45) is 11.1 Å². The van der Waals surface area contributed by atoms with E-state index < -0.39 is 5.91 Å². The minimum absolute atomic E-state index is 0.0867. The van der Waals surface area contributed by atoms with Gasteiger partial charge >= 0.3 is 6.03 Å². The van der Waals surface area contributed by atoms with E-state index in [1.165, 1.54) is 5.69 Å².